The molecule has 0 atom stereocenters. The Morgan fingerprint density at radius 3 is 1.87 bits per heavy atom. The molecule has 0 spiro atoms. The monoisotopic (exact) mass is 340 g/mol. The zero-order valence-corrected chi connectivity index (χ0v) is 11.1. The number of hydrogen-bond donors (Lipinski definition) is 0. The van der Waals surface area contributed by atoms with Crippen molar-refractivity contribution in [2.75, 3.05) is 0 Å². The minimum Gasteiger partial charge on any atom is -0.205 e. The Labute approximate surface area is 125 Å². The molecule has 0 aliphatic heterocycles. The van der Waals surface area contributed by atoms with Gasteiger partial charge in [-0.1, -0.05) is 18.2 Å². The standard InChI is InChI=1S/C15H8F8/c16-13(17)9-5-8(6-10(7-9)14(18,19)20)11-3-1-2-4-12(11)15(21,22)23/h1-7,13H. The highest BCUT2D eigenvalue weighted by molar-refractivity contribution is 5.69. The zero-order valence-electron chi connectivity index (χ0n) is 11.1. The van der Waals surface area contributed by atoms with Crippen molar-refractivity contribution in [2.24, 2.45) is 0 Å². The van der Waals surface area contributed by atoms with Crippen molar-refractivity contribution < 1.29 is 35.1 Å². The summed E-state index contributed by atoms with van der Waals surface area (Å²) in [5, 5.41) is 0. The van der Waals surface area contributed by atoms with Gasteiger partial charge >= 0.3 is 12.4 Å². The molecule has 2 aromatic carbocycles. The van der Waals surface area contributed by atoms with Crippen LogP contribution < -0.4 is 0 Å². The highest BCUT2D eigenvalue weighted by Crippen LogP contribution is 2.40. The van der Waals surface area contributed by atoms with E-state index in [-0.39, 0.29) is 6.07 Å². The lowest BCUT2D eigenvalue weighted by atomic mass is 9.95. The van der Waals surface area contributed by atoms with E-state index >= 15 is 0 Å². The van der Waals surface area contributed by atoms with E-state index in [4.69, 9.17) is 0 Å². The molecule has 0 saturated carbocycles. The molecule has 0 radical (unpaired) electrons. The second kappa shape index (κ2) is 5.82. The summed E-state index contributed by atoms with van der Waals surface area (Å²) in [5.41, 5.74) is -4.77. The maximum atomic E-state index is 13.0. The van der Waals surface area contributed by atoms with Crippen LogP contribution >= 0.6 is 0 Å². The van der Waals surface area contributed by atoms with Crippen LogP contribution in [0.2, 0.25) is 0 Å². The number of rotatable bonds is 2. The van der Waals surface area contributed by atoms with Crippen molar-refractivity contribution in [3.63, 3.8) is 0 Å². The van der Waals surface area contributed by atoms with Gasteiger partial charge < -0.3 is 0 Å². The Hall–Kier alpha value is -2.12. The molecule has 0 amide bonds. The highest BCUT2D eigenvalue weighted by atomic mass is 19.4. The van der Waals surface area contributed by atoms with Gasteiger partial charge in [0.15, 0.2) is 0 Å². The summed E-state index contributed by atoms with van der Waals surface area (Å²) in [6, 6.07) is 5.15. The van der Waals surface area contributed by atoms with Crippen LogP contribution in [0.5, 0.6) is 0 Å². The van der Waals surface area contributed by atoms with Crippen molar-refractivity contribution in [3.8, 4) is 11.1 Å². The fraction of sp³-hybridized carbons (Fsp3) is 0.200. The van der Waals surface area contributed by atoms with Crippen LogP contribution in [0.25, 0.3) is 11.1 Å². The van der Waals surface area contributed by atoms with Crippen LogP contribution in [-0.2, 0) is 12.4 Å². The molecule has 2 aromatic rings. The molecular weight excluding hydrogens is 332 g/mol. The second-order valence-corrected chi connectivity index (χ2v) is 4.69. The molecule has 0 aliphatic carbocycles. The van der Waals surface area contributed by atoms with Gasteiger partial charge in [-0.05, 0) is 35.4 Å². The van der Waals surface area contributed by atoms with E-state index in [0.717, 1.165) is 12.1 Å². The predicted octanol–water partition coefficient (Wildman–Crippen LogP) is 6.33. The van der Waals surface area contributed by atoms with E-state index in [1.807, 2.05) is 0 Å². The third-order valence-corrected chi connectivity index (χ3v) is 3.08. The average Bonchev–Trinajstić information content (AvgIpc) is 2.45. The molecule has 0 fully saturated rings. The van der Waals surface area contributed by atoms with Crippen LogP contribution in [0.1, 0.15) is 23.1 Å². The lowest BCUT2D eigenvalue weighted by molar-refractivity contribution is -0.137. The first-order valence-electron chi connectivity index (χ1n) is 6.17. The maximum absolute atomic E-state index is 13.0. The Balaban J connectivity index is 2.72. The summed E-state index contributed by atoms with van der Waals surface area (Å²) in [7, 11) is 0. The van der Waals surface area contributed by atoms with E-state index in [2.05, 4.69) is 0 Å². The van der Waals surface area contributed by atoms with Gasteiger partial charge in [0.25, 0.3) is 6.43 Å². The van der Waals surface area contributed by atoms with E-state index < -0.39 is 46.6 Å². The Morgan fingerprint density at radius 2 is 1.35 bits per heavy atom. The Bertz CT molecular complexity index is 697. The van der Waals surface area contributed by atoms with Gasteiger partial charge in [0.05, 0.1) is 11.1 Å². The molecule has 0 heterocycles. The topological polar surface area (TPSA) is 0 Å². The number of halogens is 8. The van der Waals surface area contributed by atoms with Gasteiger partial charge in [-0.3, -0.25) is 0 Å². The molecule has 0 nitrogen and oxygen atoms in total. The third-order valence-electron chi connectivity index (χ3n) is 3.08. The van der Waals surface area contributed by atoms with Crippen LogP contribution in [0.3, 0.4) is 0 Å². The first-order chi connectivity index (χ1) is 10.5. The zero-order chi connectivity index (χ0) is 17.4. The lowest BCUT2D eigenvalue weighted by Gasteiger charge is -2.16. The minimum atomic E-state index is -4.95. The molecule has 2 rings (SSSR count). The van der Waals surface area contributed by atoms with Crippen molar-refractivity contribution in [2.45, 2.75) is 18.8 Å². The summed E-state index contributed by atoms with van der Waals surface area (Å²) >= 11 is 0. The number of benzene rings is 2. The van der Waals surface area contributed by atoms with Crippen molar-refractivity contribution in [1.82, 2.24) is 0 Å². The second-order valence-electron chi connectivity index (χ2n) is 4.69. The van der Waals surface area contributed by atoms with Gasteiger partial charge in [0.1, 0.15) is 0 Å². The molecular formula is C15H8F8. The molecule has 0 saturated heterocycles. The summed E-state index contributed by atoms with van der Waals surface area (Å²) in [6.07, 6.45) is -13.0. The normalized spacial score (nSPS) is 12.7. The molecule has 0 aromatic heterocycles. The average molecular weight is 340 g/mol. The quantitative estimate of drug-likeness (QED) is 0.561. The van der Waals surface area contributed by atoms with Crippen LogP contribution in [0, 0.1) is 0 Å². The number of alkyl halides is 8. The summed E-state index contributed by atoms with van der Waals surface area (Å²) in [6.45, 7) is 0. The minimum absolute atomic E-state index is 0.227. The van der Waals surface area contributed by atoms with Crippen LogP contribution in [0.15, 0.2) is 42.5 Å². The predicted molar refractivity (Wildman–Crippen MR) is 66.8 cm³/mol. The Morgan fingerprint density at radius 1 is 0.739 bits per heavy atom. The van der Waals surface area contributed by atoms with E-state index in [1.54, 1.807) is 0 Å². The van der Waals surface area contributed by atoms with Gasteiger partial charge in [-0.25, -0.2) is 8.78 Å². The van der Waals surface area contributed by atoms with Crippen molar-refractivity contribution in [1.29, 1.82) is 0 Å². The van der Waals surface area contributed by atoms with Crippen molar-refractivity contribution >= 4 is 0 Å². The van der Waals surface area contributed by atoms with Gasteiger partial charge in [0, 0.05) is 5.56 Å². The molecule has 0 aliphatic rings. The largest absolute Gasteiger partial charge is 0.417 e. The molecule has 0 unspecified atom stereocenters. The first kappa shape index (κ1) is 17.2. The Kier molecular flexibility index (Phi) is 4.37. The van der Waals surface area contributed by atoms with Crippen LogP contribution in [-0.4, -0.2) is 0 Å². The van der Waals surface area contributed by atoms with Crippen molar-refractivity contribution in [3.05, 3.63) is 59.2 Å². The third kappa shape index (κ3) is 3.80. The molecule has 124 valence electrons. The van der Waals surface area contributed by atoms with Gasteiger partial charge in [-0.15, -0.1) is 0 Å². The molecule has 0 N–H and O–H groups in total. The molecule has 8 heteroatoms. The molecule has 0 bridgehead atoms. The SMILES string of the molecule is FC(F)c1cc(-c2ccccc2C(F)(F)F)cc(C(F)(F)F)c1. The summed E-state index contributed by atoms with van der Waals surface area (Å²) in [4.78, 5) is 0. The smallest absolute Gasteiger partial charge is 0.205 e. The fourth-order valence-corrected chi connectivity index (χ4v) is 2.08. The van der Waals surface area contributed by atoms with E-state index in [1.165, 1.54) is 6.07 Å². The van der Waals surface area contributed by atoms with Gasteiger partial charge in [-0.2, -0.15) is 26.3 Å². The summed E-state index contributed by atoms with van der Waals surface area (Å²) < 4.78 is 103. The lowest BCUT2D eigenvalue weighted by Crippen LogP contribution is -2.09. The fourth-order valence-electron chi connectivity index (χ4n) is 2.08. The van der Waals surface area contributed by atoms with E-state index in [0.29, 0.717) is 18.2 Å². The highest BCUT2D eigenvalue weighted by Gasteiger charge is 2.35. The van der Waals surface area contributed by atoms with Gasteiger partial charge in [0.2, 0.25) is 0 Å². The maximum Gasteiger partial charge on any atom is 0.417 e. The van der Waals surface area contributed by atoms with E-state index in [9.17, 15) is 35.1 Å². The van der Waals surface area contributed by atoms with Crippen LogP contribution in [0.4, 0.5) is 35.1 Å². The summed E-state index contributed by atoms with van der Waals surface area (Å²) in [5.74, 6) is 0. The number of hydrogen-bond acceptors (Lipinski definition) is 0. The first-order valence-corrected chi connectivity index (χ1v) is 6.17. The molecule has 23 heavy (non-hydrogen) atoms.